The summed E-state index contributed by atoms with van der Waals surface area (Å²) in [6.45, 7) is 7.40. The van der Waals surface area contributed by atoms with E-state index in [0.717, 1.165) is 12.1 Å². The van der Waals surface area contributed by atoms with Gasteiger partial charge in [-0.2, -0.15) is 0 Å². The number of nitrogens with one attached hydrogen (secondary N) is 1. The van der Waals surface area contributed by atoms with Gasteiger partial charge in [0.25, 0.3) is 5.91 Å². The lowest BCUT2D eigenvalue weighted by atomic mass is 9.58. The van der Waals surface area contributed by atoms with E-state index in [4.69, 9.17) is 5.73 Å². The molecule has 11 heteroatoms. The van der Waals surface area contributed by atoms with Crippen LogP contribution < -0.4 is 16.0 Å². The first-order chi connectivity index (χ1) is 18.9. The minimum Gasteiger partial charge on any atom is -0.510 e. The molecular formula is C30H42N4O7. The molecule has 0 saturated carbocycles. The van der Waals surface area contributed by atoms with Gasteiger partial charge >= 0.3 is 0 Å². The zero-order chi connectivity index (χ0) is 30.8. The highest BCUT2D eigenvalue weighted by Gasteiger charge is 2.63. The Hall–Kier alpha value is -3.41. The first-order valence-electron chi connectivity index (χ1n) is 13.8. The number of allylic oxidation sites excluding steroid dienone is 1. The number of likely N-dealkylation sites (N-methyl/N-ethyl adjacent to an activating group) is 1. The Bertz CT molecular complexity index is 1370. The van der Waals surface area contributed by atoms with E-state index in [9.17, 15) is 34.8 Å². The maximum absolute atomic E-state index is 14.1. The van der Waals surface area contributed by atoms with Gasteiger partial charge in [0.2, 0.25) is 5.78 Å². The van der Waals surface area contributed by atoms with Crippen molar-refractivity contribution < 1.29 is 34.8 Å². The Kier molecular flexibility index (Phi) is 7.79. The van der Waals surface area contributed by atoms with Gasteiger partial charge in [0.15, 0.2) is 11.4 Å². The molecule has 3 aliphatic rings. The number of phenolic OH excluding ortho intramolecular Hbond substituents is 1. The first kappa shape index (κ1) is 30.5. The molecule has 0 heterocycles. The van der Waals surface area contributed by atoms with Crippen LogP contribution in [0.3, 0.4) is 0 Å². The third-order valence-electron chi connectivity index (χ3n) is 8.63. The van der Waals surface area contributed by atoms with Crippen molar-refractivity contribution in [3.8, 4) is 5.75 Å². The Morgan fingerprint density at radius 2 is 1.78 bits per heavy atom. The predicted octanol–water partition coefficient (Wildman–Crippen LogP) is 1.71. The van der Waals surface area contributed by atoms with E-state index in [1.165, 1.54) is 4.90 Å². The maximum Gasteiger partial charge on any atom is 0.255 e. The zero-order valence-electron chi connectivity index (χ0n) is 24.8. The number of aliphatic hydroxyl groups is 3. The van der Waals surface area contributed by atoms with Crippen molar-refractivity contribution in [1.29, 1.82) is 0 Å². The summed E-state index contributed by atoms with van der Waals surface area (Å²) in [5.74, 6) is -6.53. The predicted molar refractivity (Wildman–Crippen MR) is 154 cm³/mol. The van der Waals surface area contributed by atoms with Crippen LogP contribution in [0.25, 0.3) is 0 Å². The van der Waals surface area contributed by atoms with Crippen LogP contribution in [-0.2, 0) is 22.6 Å². The first-order valence-corrected chi connectivity index (χ1v) is 13.8. The molecule has 224 valence electrons. The number of carbonyl (C=O) groups excluding carboxylic acids is 3. The third kappa shape index (κ3) is 4.89. The van der Waals surface area contributed by atoms with Gasteiger partial charge in [0.1, 0.15) is 22.8 Å². The summed E-state index contributed by atoms with van der Waals surface area (Å²) in [6.07, 6.45) is 1.20. The van der Waals surface area contributed by atoms with Gasteiger partial charge in [0.05, 0.1) is 11.6 Å². The molecule has 4 rings (SSSR count). The highest BCUT2D eigenvalue weighted by molar-refractivity contribution is 6.24. The van der Waals surface area contributed by atoms with Crippen LogP contribution >= 0.6 is 0 Å². The summed E-state index contributed by atoms with van der Waals surface area (Å²) in [4.78, 5) is 43.1. The van der Waals surface area contributed by atoms with Crippen molar-refractivity contribution >= 4 is 23.2 Å². The fraction of sp³-hybridized carbons (Fsp3) is 0.567. The van der Waals surface area contributed by atoms with Crippen molar-refractivity contribution in [2.45, 2.75) is 58.2 Å². The lowest BCUT2D eigenvalue weighted by Gasteiger charge is -2.50. The molecule has 0 unspecified atom stereocenters. The molecule has 1 amide bonds. The fourth-order valence-corrected chi connectivity index (χ4v) is 6.57. The second-order valence-corrected chi connectivity index (χ2v) is 13.1. The highest BCUT2D eigenvalue weighted by Crippen LogP contribution is 2.53. The van der Waals surface area contributed by atoms with E-state index in [2.05, 4.69) is 26.1 Å². The van der Waals surface area contributed by atoms with Crippen LogP contribution in [0, 0.1) is 17.3 Å². The molecule has 41 heavy (non-hydrogen) atoms. The maximum atomic E-state index is 14.1. The van der Waals surface area contributed by atoms with Gasteiger partial charge in [-0.3, -0.25) is 19.3 Å². The molecule has 0 radical (unpaired) electrons. The number of primary amides is 1. The number of aliphatic hydroxyl groups excluding tert-OH is 2. The normalized spacial score (nSPS) is 26.2. The molecule has 0 aliphatic heterocycles. The van der Waals surface area contributed by atoms with Gasteiger partial charge in [0, 0.05) is 43.4 Å². The fourth-order valence-electron chi connectivity index (χ4n) is 6.57. The molecule has 0 saturated heterocycles. The minimum absolute atomic E-state index is 0.0182. The monoisotopic (exact) mass is 570 g/mol. The number of nitrogens with zero attached hydrogens (tertiary/aromatic N) is 2. The number of phenols is 1. The number of aromatic hydroxyl groups is 1. The summed E-state index contributed by atoms with van der Waals surface area (Å²) in [5, 5.41) is 48.9. The average Bonchev–Trinajstić information content (AvgIpc) is 2.83. The zero-order valence-corrected chi connectivity index (χ0v) is 24.8. The number of hydrogen-bond donors (Lipinski definition) is 6. The van der Waals surface area contributed by atoms with Crippen LogP contribution in [-0.4, -0.2) is 89.2 Å². The number of hydrogen-bond acceptors (Lipinski definition) is 10. The quantitative estimate of drug-likeness (QED) is 0.209. The van der Waals surface area contributed by atoms with Gasteiger partial charge in [-0.1, -0.05) is 20.8 Å². The van der Waals surface area contributed by atoms with E-state index in [1.807, 2.05) is 25.1 Å². The number of benzene rings is 1. The van der Waals surface area contributed by atoms with E-state index < -0.39 is 58.0 Å². The second-order valence-electron chi connectivity index (χ2n) is 13.1. The molecular weight excluding hydrogens is 528 g/mol. The SMILES string of the molecule is CN(C)c1cc(CNCCC(C)(C)C)c(O)c2c1C[C@H]1C[C@H]3[C@H](N(C)C)C(O)=C(C(N)=O)C(=O)[C@@]3(O)C(O)=C1C2=O. The number of Topliss-reactive ketones (excluding diaryl/α,β-unsaturated/α-hetero) is 2. The molecule has 0 aromatic heterocycles. The van der Waals surface area contributed by atoms with E-state index >= 15 is 0 Å². The Balaban J connectivity index is 1.85. The van der Waals surface area contributed by atoms with Crippen LogP contribution in [0.2, 0.25) is 0 Å². The number of anilines is 1. The molecule has 0 bridgehead atoms. The van der Waals surface area contributed by atoms with Crippen LogP contribution in [0.1, 0.15) is 55.1 Å². The average molecular weight is 571 g/mol. The highest BCUT2D eigenvalue weighted by atomic mass is 16.3. The third-order valence-corrected chi connectivity index (χ3v) is 8.63. The molecule has 7 N–H and O–H groups in total. The smallest absolute Gasteiger partial charge is 0.255 e. The van der Waals surface area contributed by atoms with Gasteiger partial charge in [-0.15, -0.1) is 0 Å². The van der Waals surface area contributed by atoms with Crippen LogP contribution in [0.4, 0.5) is 5.69 Å². The Morgan fingerprint density at radius 3 is 2.32 bits per heavy atom. The number of carbonyl (C=O) groups is 3. The lowest BCUT2D eigenvalue weighted by molar-refractivity contribution is -0.148. The van der Waals surface area contributed by atoms with Crippen molar-refractivity contribution in [3.63, 3.8) is 0 Å². The number of nitrogens with two attached hydrogens (primary N) is 1. The minimum atomic E-state index is -2.66. The van der Waals surface area contributed by atoms with E-state index in [-0.39, 0.29) is 35.1 Å². The van der Waals surface area contributed by atoms with E-state index in [1.54, 1.807) is 14.1 Å². The van der Waals surface area contributed by atoms with Gasteiger partial charge < -0.3 is 36.4 Å². The molecule has 0 spiro atoms. The van der Waals surface area contributed by atoms with Crippen molar-refractivity contribution in [3.05, 3.63) is 45.4 Å². The second kappa shape index (κ2) is 10.5. The molecule has 4 atom stereocenters. The Labute approximate surface area is 240 Å². The van der Waals surface area contributed by atoms with Crippen molar-refractivity contribution in [2.75, 3.05) is 39.6 Å². The largest absolute Gasteiger partial charge is 0.510 e. The number of ketones is 2. The standard InChI is InChI=1S/C30H42N4O7/c1-29(2,3)8-9-32-13-15-12-18(33(4)5)16-10-14-11-17-22(34(6)7)25(37)21(28(31)40)27(39)30(17,41)26(38)19(14)24(36)20(16)23(15)35/h12,14,17,22,32,35,37-38,41H,8-11,13H2,1-7H3,(H2,31,40)/t14-,17-,22-,30-/m0/s1. The number of fused-ring (bicyclic) bond motifs is 3. The van der Waals surface area contributed by atoms with Crippen molar-refractivity contribution in [1.82, 2.24) is 10.2 Å². The van der Waals surface area contributed by atoms with Crippen molar-refractivity contribution in [2.24, 2.45) is 23.0 Å². The van der Waals surface area contributed by atoms with Crippen LogP contribution in [0.15, 0.2) is 28.7 Å². The molecule has 1 aromatic rings. The lowest BCUT2D eigenvalue weighted by Crippen LogP contribution is -2.63. The number of rotatable bonds is 7. The molecule has 1 aromatic carbocycles. The summed E-state index contributed by atoms with van der Waals surface area (Å²) in [7, 11) is 6.89. The Morgan fingerprint density at radius 1 is 1.15 bits per heavy atom. The molecule has 0 fully saturated rings. The van der Waals surface area contributed by atoms with E-state index in [0.29, 0.717) is 24.2 Å². The topological polar surface area (TPSA) is 177 Å². The van der Waals surface area contributed by atoms with Gasteiger partial charge in [-0.05, 0) is 62.9 Å². The van der Waals surface area contributed by atoms with Crippen LogP contribution in [0.5, 0.6) is 5.75 Å². The van der Waals surface area contributed by atoms with Gasteiger partial charge in [-0.25, -0.2) is 0 Å². The summed E-state index contributed by atoms with van der Waals surface area (Å²) >= 11 is 0. The summed E-state index contributed by atoms with van der Waals surface area (Å²) in [5.41, 5.74) is 3.74. The summed E-state index contributed by atoms with van der Waals surface area (Å²) < 4.78 is 0. The summed E-state index contributed by atoms with van der Waals surface area (Å²) in [6, 6.07) is 0.823. The number of amides is 1. The molecule has 3 aliphatic carbocycles. The molecule has 11 nitrogen and oxygen atoms in total.